The molecule has 2 aliphatic carbocycles. The van der Waals surface area contributed by atoms with Crippen molar-refractivity contribution < 1.29 is 0 Å². The van der Waals surface area contributed by atoms with Crippen LogP contribution in [-0.2, 0) is 0 Å². The van der Waals surface area contributed by atoms with Gasteiger partial charge in [0.25, 0.3) is 0 Å². The molecule has 0 spiro atoms. The molecular weight excluding hydrogens is 210 g/mol. The minimum Gasteiger partial charge on any atom is -0.353 e. The maximum Gasteiger partial charge on any atom is 0.203 e. The summed E-state index contributed by atoms with van der Waals surface area (Å²) in [4.78, 5) is 4.64. The normalized spacial score (nSPS) is 21.5. The molecule has 17 heavy (non-hydrogen) atoms. The molecule has 2 aliphatic rings. The zero-order chi connectivity index (χ0) is 11.8. The molecule has 3 nitrogen and oxygen atoms in total. The number of hydrogen-bond acceptors (Lipinski definition) is 2. The predicted molar refractivity (Wildman–Crippen MR) is 70.3 cm³/mol. The first-order chi connectivity index (χ1) is 8.26. The van der Waals surface area contributed by atoms with E-state index in [1.54, 1.807) is 0 Å². The molecule has 2 saturated carbocycles. The maximum atomic E-state index is 4.64. The van der Waals surface area contributed by atoms with Gasteiger partial charge in [0.15, 0.2) is 0 Å². The van der Waals surface area contributed by atoms with Gasteiger partial charge in [0, 0.05) is 18.3 Å². The Balaban J connectivity index is 1.68. The van der Waals surface area contributed by atoms with Gasteiger partial charge in [-0.1, -0.05) is 19.8 Å². The lowest BCUT2D eigenvalue weighted by Gasteiger charge is -2.18. The third kappa shape index (κ3) is 2.64. The van der Waals surface area contributed by atoms with E-state index in [1.165, 1.54) is 38.5 Å². The van der Waals surface area contributed by atoms with Crippen molar-refractivity contribution in [3.63, 3.8) is 0 Å². The average molecular weight is 233 g/mol. The third-order valence-electron chi connectivity index (χ3n) is 3.93. The van der Waals surface area contributed by atoms with Gasteiger partial charge >= 0.3 is 0 Å². The Kier molecular flexibility index (Phi) is 2.85. The number of anilines is 1. The van der Waals surface area contributed by atoms with Crippen LogP contribution in [0.3, 0.4) is 0 Å². The van der Waals surface area contributed by atoms with Gasteiger partial charge in [-0.15, -0.1) is 0 Å². The van der Waals surface area contributed by atoms with Gasteiger partial charge in [0.1, 0.15) is 0 Å². The Morgan fingerprint density at radius 3 is 2.76 bits per heavy atom. The lowest BCUT2D eigenvalue weighted by Crippen LogP contribution is -2.21. The molecule has 3 rings (SSSR count). The summed E-state index contributed by atoms with van der Waals surface area (Å²) in [5, 5.41) is 3.66. The quantitative estimate of drug-likeness (QED) is 0.814. The number of rotatable bonds is 6. The molecule has 2 fully saturated rings. The van der Waals surface area contributed by atoms with E-state index in [2.05, 4.69) is 34.9 Å². The fourth-order valence-corrected chi connectivity index (χ4v) is 2.52. The van der Waals surface area contributed by atoms with Crippen molar-refractivity contribution in [3.8, 4) is 0 Å². The molecule has 3 heteroatoms. The van der Waals surface area contributed by atoms with Gasteiger partial charge in [0.2, 0.25) is 5.95 Å². The zero-order valence-corrected chi connectivity index (χ0v) is 10.9. The number of nitrogens with zero attached hydrogens (tertiary/aromatic N) is 2. The smallest absolute Gasteiger partial charge is 0.203 e. The summed E-state index contributed by atoms with van der Waals surface area (Å²) >= 11 is 0. The molecule has 1 atom stereocenters. The second kappa shape index (κ2) is 4.35. The Morgan fingerprint density at radius 1 is 1.41 bits per heavy atom. The molecule has 0 saturated heterocycles. The van der Waals surface area contributed by atoms with Crippen LogP contribution in [0.2, 0.25) is 0 Å². The summed E-state index contributed by atoms with van der Waals surface area (Å²) in [6.45, 7) is 4.36. The van der Waals surface area contributed by atoms with Gasteiger partial charge in [0.05, 0.1) is 5.69 Å². The van der Waals surface area contributed by atoms with Crippen LogP contribution in [-0.4, -0.2) is 15.6 Å². The standard InChI is InChI=1S/C14H23N3/c1-3-12(8-11-4-5-11)16-14-15-10(2)9-17(14)13-6-7-13/h9,11-13H,3-8H2,1-2H3,(H,15,16). The molecule has 1 N–H and O–H groups in total. The first-order valence-corrected chi connectivity index (χ1v) is 7.08. The number of nitrogens with one attached hydrogen (secondary N) is 1. The van der Waals surface area contributed by atoms with E-state index in [-0.39, 0.29) is 0 Å². The van der Waals surface area contributed by atoms with Crippen molar-refractivity contribution in [3.05, 3.63) is 11.9 Å². The van der Waals surface area contributed by atoms with Crippen LogP contribution in [0.25, 0.3) is 0 Å². The fraction of sp³-hybridized carbons (Fsp3) is 0.786. The lowest BCUT2D eigenvalue weighted by atomic mass is 10.1. The summed E-state index contributed by atoms with van der Waals surface area (Å²) in [6.07, 6.45) is 10.3. The summed E-state index contributed by atoms with van der Waals surface area (Å²) in [5.41, 5.74) is 1.14. The van der Waals surface area contributed by atoms with E-state index < -0.39 is 0 Å². The predicted octanol–water partition coefficient (Wildman–Crippen LogP) is 3.52. The lowest BCUT2D eigenvalue weighted by molar-refractivity contribution is 0.576. The average Bonchev–Trinajstić information content (AvgIpc) is 3.19. The Labute approximate surface area is 104 Å². The number of imidazole rings is 1. The zero-order valence-electron chi connectivity index (χ0n) is 10.9. The summed E-state index contributed by atoms with van der Waals surface area (Å²) in [6, 6.07) is 1.33. The highest BCUT2D eigenvalue weighted by atomic mass is 15.2. The van der Waals surface area contributed by atoms with Crippen molar-refractivity contribution in [1.29, 1.82) is 0 Å². The highest BCUT2D eigenvalue weighted by Gasteiger charge is 2.28. The number of aromatic nitrogens is 2. The Morgan fingerprint density at radius 2 is 2.18 bits per heavy atom. The van der Waals surface area contributed by atoms with Gasteiger partial charge < -0.3 is 9.88 Å². The maximum absolute atomic E-state index is 4.64. The number of aryl methyl sites for hydroxylation is 1. The molecule has 1 aromatic heterocycles. The molecule has 0 bridgehead atoms. The van der Waals surface area contributed by atoms with Crippen molar-refractivity contribution in [2.75, 3.05) is 5.32 Å². The molecule has 0 aromatic carbocycles. The van der Waals surface area contributed by atoms with Crippen LogP contribution in [0.5, 0.6) is 0 Å². The van der Waals surface area contributed by atoms with Crippen molar-refractivity contribution in [2.24, 2.45) is 5.92 Å². The summed E-state index contributed by atoms with van der Waals surface area (Å²) in [7, 11) is 0. The van der Waals surface area contributed by atoms with E-state index in [0.29, 0.717) is 6.04 Å². The SMILES string of the molecule is CCC(CC1CC1)Nc1nc(C)cn1C1CC1. The molecule has 0 radical (unpaired) electrons. The van der Waals surface area contributed by atoms with Gasteiger partial charge in [-0.25, -0.2) is 4.98 Å². The summed E-state index contributed by atoms with van der Waals surface area (Å²) < 4.78 is 2.35. The van der Waals surface area contributed by atoms with E-state index in [0.717, 1.165) is 23.6 Å². The van der Waals surface area contributed by atoms with E-state index in [1.807, 2.05) is 0 Å². The van der Waals surface area contributed by atoms with E-state index in [4.69, 9.17) is 0 Å². The second-order valence-corrected chi connectivity index (χ2v) is 5.77. The summed E-state index contributed by atoms with van der Waals surface area (Å²) in [5.74, 6) is 2.09. The molecule has 1 unspecified atom stereocenters. The monoisotopic (exact) mass is 233 g/mol. The van der Waals surface area contributed by atoms with Crippen molar-refractivity contribution in [2.45, 2.75) is 64.5 Å². The second-order valence-electron chi connectivity index (χ2n) is 5.77. The van der Waals surface area contributed by atoms with Crippen LogP contribution < -0.4 is 5.32 Å². The van der Waals surface area contributed by atoms with Crippen molar-refractivity contribution >= 4 is 5.95 Å². The fourth-order valence-electron chi connectivity index (χ4n) is 2.52. The minimum absolute atomic E-state index is 0.613. The van der Waals surface area contributed by atoms with Crippen LogP contribution in [0.1, 0.15) is 57.2 Å². The molecule has 1 heterocycles. The van der Waals surface area contributed by atoms with Crippen LogP contribution in [0, 0.1) is 12.8 Å². The van der Waals surface area contributed by atoms with E-state index >= 15 is 0 Å². The first-order valence-electron chi connectivity index (χ1n) is 7.08. The van der Waals surface area contributed by atoms with Crippen LogP contribution in [0.15, 0.2) is 6.20 Å². The molecule has 94 valence electrons. The number of hydrogen-bond donors (Lipinski definition) is 1. The third-order valence-corrected chi connectivity index (χ3v) is 3.93. The molecule has 0 aliphatic heterocycles. The Hall–Kier alpha value is -0.990. The van der Waals surface area contributed by atoms with E-state index in [9.17, 15) is 0 Å². The molecule has 1 aromatic rings. The van der Waals surface area contributed by atoms with Crippen LogP contribution in [0.4, 0.5) is 5.95 Å². The highest BCUT2D eigenvalue weighted by molar-refractivity contribution is 5.32. The van der Waals surface area contributed by atoms with Gasteiger partial charge in [-0.2, -0.15) is 0 Å². The largest absolute Gasteiger partial charge is 0.353 e. The molecular formula is C14H23N3. The molecule has 0 amide bonds. The highest BCUT2D eigenvalue weighted by Crippen LogP contribution is 2.38. The minimum atomic E-state index is 0.613. The van der Waals surface area contributed by atoms with Crippen LogP contribution >= 0.6 is 0 Å². The Bertz CT molecular complexity index is 388. The van der Waals surface area contributed by atoms with Gasteiger partial charge in [-0.3, -0.25) is 0 Å². The van der Waals surface area contributed by atoms with Gasteiger partial charge in [-0.05, 0) is 38.5 Å². The topological polar surface area (TPSA) is 29.9 Å². The van der Waals surface area contributed by atoms with Crippen molar-refractivity contribution in [1.82, 2.24) is 9.55 Å². The first kappa shape index (κ1) is 11.1.